The van der Waals surface area contributed by atoms with Gasteiger partial charge < -0.3 is 10.6 Å². The third-order valence-corrected chi connectivity index (χ3v) is 6.16. The van der Waals surface area contributed by atoms with E-state index in [1.54, 1.807) is 0 Å². The number of carbonyl (C=O) groups is 1. The van der Waals surface area contributed by atoms with Gasteiger partial charge in [-0.05, 0) is 43.9 Å². The lowest BCUT2D eigenvalue weighted by Crippen LogP contribution is -2.53. The summed E-state index contributed by atoms with van der Waals surface area (Å²) in [5.41, 5.74) is 5.86. The van der Waals surface area contributed by atoms with Crippen LogP contribution in [0.2, 0.25) is 0 Å². The summed E-state index contributed by atoms with van der Waals surface area (Å²) in [6.45, 7) is 4.64. The SMILES string of the molecule is CN(C(=O)C1(C(N)=S)CCCCC1)C1CCC(C)(C)CC1. The molecule has 0 saturated heterocycles. The zero-order valence-electron chi connectivity index (χ0n) is 13.8. The van der Waals surface area contributed by atoms with Crippen molar-refractivity contribution in [1.29, 1.82) is 0 Å². The number of amides is 1. The summed E-state index contributed by atoms with van der Waals surface area (Å²) in [5.74, 6) is 0.180. The molecule has 21 heavy (non-hydrogen) atoms. The van der Waals surface area contributed by atoms with E-state index in [0.717, 1.165) is 38.5 Å². The summed E-state index contributed by atoms with van der Waals surface area (Å²) >= 11 is 5.29. The van der Waals surface area contributed by atoms with Gasteiger partial charge in [0.1, 0.15) is 0 Å². The molecule has 1 amide bonds. The molecule has 0 unspecified atom stereocenters. The van der Waals surface area contributed by atoms with Gasteiger partial charge in [-0.25, -0.2) is 0 Å². The third kappa shape index (κ3) is 3.41. The molecule has 0 bridgehead atoms. The Morgan fingerprint density at radius 3 is 2.10 bits per heavy atom. The molecule has 2 fully saturated rings. The molecule has 0 aliphatic heterocycles. The van der Waals surface area contributed by atoms with E-state index in [2.05, 4.69) is 13.8 Å². The minimum atomic E-state index is -0.560. The van der Waals surface area contributed by atoms with Crippen molar-refractivity contribution < 1.29 is 4.79 Å². The van der Waals surface area contributed by atoms with Gasteiger partial charge in [-0.2, -0.15) is 0 Å². The number of hydrogen-bond donors (Lipinski definition) is 1. The maximum absolute atomic E-state index is 13.1. The minimum absolute atomic E-state index is 0.180. The fraction of sp³-hybridized carbons (Fsp3) is 0.882. The number of thiocarbonyl (C=S) groups is 1. The van der Waals surface area contributed by atoms with Crippen LogP contribution in [0.4, 0.5) is 0 Å². The topological polar surface area (TPSA) is 46.3 Å². The van der Waals surface area contributed by atoms with Crippen molar-refractivity contribution in [2.24, 2.45) is 16.6 Å². The molecular formula is C17H30N2OS. The molecule has 0 aromatic rings. The molecular weight excluding hydrogens is 280 g/mol. The third-order valence-electron chi connectivity index (χ3n) is 5.76. The molecule has 0 aromatic carbocycles. The van der Waals surface area contributed by atoms with Crippen molar-refractivity contribution in [1.82, 2.24) is 4.90 Å². The van der Waals surface area contributed by atoms with Crippen molar-refractivity contribution >= 4 is 23.1 Å². The van der Waals surface area contributed by atoms with Crippen molar-refractivity contribution in [3.8, 4) is 0 Å². The van der Waals surface area contributed by atoms with Gasteiger partial charge in [0, 0.05) is 13.1 Å². The summed E-state index contributed by atoms with van der Waals surface area (Å²) in [4.78, 5) is 15.5. The molecule has 2 aliphatic rings. The lowest BCUT2D eigenvalue weighted by molar-refractivity contribution is -0.141. The fourth-order valence-electron chi connectivity index (χ4n) is 4.00. The number of hydrogen-bond acceptors (Lipinski definition) is 2. The predicted molar refractivity (Wildman–Crippen MR) is 91.1 cm³/mol. The van der Waals surface area contributed by atoms with Gasteiger partial charge >= 0.3 is 0 Å². The minimum Gasteiger partial charge on any atom is -0.392 e. The standard InChI is InChI=1S/C17H30N2OS/c1-16(2)11-7-13(8-12-16)19(3)15(20)17(14(18)21)9-5-4-6-10-17/h13H,4-12H2,1-3H3,(H2,18,21). The van der Waals surface area contributed by atoms with E-state index < -0.39 is 5.41 Å². The first-order valence-electron chi connectivity index (χ1n) is 8.36. The van der Waals surface area contributed by atoms with Crippen molar-refractivity contribution in [3.05, 3.63) is 0 Å². The lowest BCUT2D eigenvalue weighted by atomic mass is 9.71. The molecule has 120 valence electrons. The molecule has 0 aromatic heterocycles. The number of rotatable bonds is 3. The Morgan fingerprint density at radius 2 is 1.62 bits per heavy atom. The van der Waals surface area contributed by atoms with Crippen LogP contribution in [0, 0.1) is 10.8 Å². The Kier molecular flexibility index (Phi) is 4.96. The summed E-state index contributed by atoms with van der Waals surface area (Å²) < 4.78 is 0. The zero-order valence-corrected chi connectivity index (χ0v) is 14.6. The Morgan fingerprint density at radius 1 is 1.10 bits per heavy atom. The average Bonchev–Trinajstić information content (AvgIpc) is 2.46. The van der Waals surface area contributed by atoms with Crippen LogP contribution in [0.25, 0.3) is 0 Å². The molecule has 2 N–H and O–H groups in total. The average molecular weight is 311 g/mol. The van der Waals surface area contributed by atoms with E-state index >= 15 is 0 Å². The molecule has 0 radical (unpaired) electrons. The normalized spacial score (nSPS) is 25.3. The first-order valence-corrected chi connectivity index (χ1v) is 8.76. The highest BCUT2D eigenvalue weighted by molar-refractivity contribution is 7.80. The van der Waals surface area contributed by atoms with E-state index in [-0.39, 0.29) is 5.91 Å². The van der Waals surface area contributed by atoms with E-state index in [0.29, 0.717) is 16.4 Å². The van der Waals surface area contributed by atoms with Gasteiger partial charge in [-0.1, -0.05) is 45.3 Å². The summed E-state index contributed by atoms with van der Waals surface area (Å²) in [6.07, 6.45) is 9.58. The van der Waals surface area contributed by atoms with Crippen LogP contribution in [0.15, 0.2) is 0 Å². The Labute approximate surface area is 134 Å². The van der Waals surface area contributed by atoms with Gasteiger partial charge in [0.15, 0.2) is 0 Å². The molecule has 3 nitrogen and oxygen atoms in total. The molecule has 0 atom stereocenters. The van der Waals surface area contributed by atoms with E-state index in [1.807, 2.05) is 11.9 Å². The number of nitrogens with zero attached hydrogens (tertiary/aromatic N) is 1. The van der Waals surface area contributed by atoms with E-state index in [9.17, 15) is 4.79 Å². The van der Waals surface area contributed by atoms with Gasteiger partial charge in [-0.3, -0.25) is 4.79 Å². The van der Waals surface area contributed by atoms with Gasteiger partial charge in [0.05, 0.1) is 10.4 Å². The molecule has 2 saturated carbocycles. The molecule has 4 heteroatoms. The second-order valence-electron chi connectivity index (χ2n) is 7.82. The maximum Gasteiger partial charge on any atom is 0.235 e. The van der Waals surface area contributed by atoms with E-state index in [1.165, 1.54) is 19.3 Å². The van der Waals surface area contributed by atoms with Crippen LogP contribution < -0.4 is 5.73 Å². The fourth-order valence-corrected chi connectivity index (χ4v) is 4.29. The van der Waals surface area contributed by atoms with Crippen molar-refractivity contribution in [3.63, 3.8) is 0 Å². The van der Waals surface area contributed by atoms with Gasteiger partial charge in [0.25, 0.3) is 0 Å². The first-order chi connectivity index (χ1) is 9.78. The zero-order chi connectivity index (χ0) is 15.7. The van der Waals surface area contributed by atoms with Crippen molar-refractivity contribution in [2.45, 2.75) is 77.7 Å². The quantitative estimate of drug-likeness (QED) is 0.809. The highest BCUT2D eigenvalue weighted by atomic mass is 32.1. The van der Waals surface area contributed by atoms with Gasteiger partial charge in [-0.15, -0.1) is 0 Å². The second-order valence-corrected chi connectivity index (χ2v) is 8.26. The summed E-state index contributed by atoms with van der Waals surface area (Å²) in [5, 5.41) is 0. The Bertz CT molecular complexity index is 403. The molecule has 2 rings (SSSR count). The van der Waals surface area contributed by atoms with Crippen LogP contribution in [-0.4, -0.2) is 28.9 Å². The smallest absolute Gasteiger partial charge is 0.235 e. The van der Waals surface area contributed by atoms with Gasteiger partial charge in [0.2, 0.25) is 5.91 Å². The molecule has 2 aliphatic carbocycles. The maximum atomic E-state index is 13.1. The van der Waals surface area contributed by atoms with Crippen LogP contribution in [0.3, 0.4) is 0 Å². The Hall–Kier alpha value is -0.640. The predicted octanol–water partition coefficient (Wildman–Crippen LogP) is 3.65. The highest BCUT2D eigenvalue weighted by Gasteiger charge is 2.45. The lowest BCUT2D eigenvalue weighted by Gasteiger charge is -2.43. The van der Waals surface area contributed by atoms with Crippen LogP contribution in [0.5, 0.6) is 0 Å². The summed E-state index contributed by atoms with van der Waals surface area (Å²) in [7, 11) is 1.96. The van der Waals surface area contributed by atoms with E-state index in [4.69, 9.17) is 18.0 Å². The molecule has 0 heterocycles. The first kappa shape index (κ1) is 16.7. The molecule has 0 spiro atoms. The highest BCUT2D eigenvalue weighted by Crippen LogP contribution is 2.41. The van der Waals surface area contributed by atoms with Crippen LogP contribution >= 0.6 is 12.2 Å². The second kappa shape index (κ2) is 6.23. The summed E-state index contributed by atoms with van der Waals surface area (Å²) in [6, 6.07) is 0.360. The Balaban J connectivity index is 2.08. The largest absolute Gasteiger partial charge is 0.392 e. The van der Waals surface area contributed by atoms with Crippen LogP contribution in [-0.2, 0) is 4.79 Å². The number of nitrogens with two attached hydrogens (primary N) is 1. The number of carbonyl (C=O) groups excluding carboxylic acids is 1. The van der Waals surface area contributed by atoms with Crippen LogP contribution in [0.1, 0.15) is 71.6 Å². The monoisotopic (exact) mass is 310 g/mol. The van der Waals surface area contributed by atoms with Crippen molar-refractivity contribution in [2.75, 3.05) is 7.05 Å².